The number of phenols is 1. The zero-order valence-corrected chi connectivity index (χ0v) is 24.1. The van der Waals surface area contributed by atoms with E-state index in [1.54, 1.807) is 18.3 Å². The molecule has 9 nitrogen and oxygen atoms in total. The number of fused-ring (bicyclic) bond motifs is 3. The number of benzene rings is 2. The van der Waals surface area contributed by atoms with Gasteiger partial charge in [-0.25, -0.2) is 4.39 Å². The third-order valence-corrected chi connectivity index (χ3v) is 10.3. The average molecular weight is 583 g/mol. The smallest absolute Gasteiger partial charge is 0.319 e. The number of anilines is 1. The van der Waals surface area contributed by atoms with Gasteiger partial charge in [0.1, 0.15) is 29.4 Å². The number of halogens is 1. The normalized spacial score (nSPS) is 21.1. The average Bonchev–Trinajstić information content (AvgIpc) is 3.70. The lowest BCUT2D eigenvalue weighted by Crippen LogP contribution is -2.43. The Hall–Kier alpha value is -4.05. The summed E-state index contributed by atoms with van der Waals surface area (Å²) in [5.74, 6) is 0.198. The molecule has 6 heterocycles. The van der Waals surface area contributed by atoms with Gasteiger partial charge in [-0.05, 0) is 79.9 Å². The van der Waals surface area contributed by atoms with E-state index in [-0.39, 0.29) is 39.8 Å². The first-order chi connectivity index (χ1) is 20.9. The second-order valence-corrected chi connectivity index (χ2v) is 12.9. The summed E-state index contributed by atoms with van der Waals surface area (Å²) in [6, 6.07) is 10.9. The molecule has 0 aliphatic carbocycles. The van der Waals surface area contributed by atoms with Crippen LogP contribution in [0, 0.1) is 11.2 Å². The number of aromatic nitrogens is 3. The largest absolute Gasteiger partial charge is 0.508 e. The number of hydrogen-bond donors (Lipinski definition) is 2. The molecule has 2 aromatic carbocycles. The van der Waals surface area contributed by atoms with Crippen LogP contribution in [0.5, 0.6) is 11.8 Å². The zero-order chi connectivity index (χ0) is 29.2. The van der Waals surface area contributed by atoms with Crippen molar-refractivity contribution in [1.29, 1.82) is 0 Å². The highest BCUT2D eigenvalue weighted by atomic mass is 19.1. The van der Waals surface area contributed by atoms with E-state index in [0.29, 0.717) is 49.4 Å². The lowest BCUT2D eigenvalue weighted by molar-refractivity contribution is -0.119. The van der Waals surface area contributed by atoms with Crippen molar-refractivity contribution < 1.29 is 19.0 Å². The summed E-state index contributed by atoms with van der Waals surface area (Å²) in [5.41, 5.74) is 0.751. The molecule has 4 aromatic rings. The van der Waals surface area contributed by atoms with E-state index in [2.05, 4.69) is 25.1 Å². The maximum Gasteiger partial charge on any atom is 0.319 e. The molecule has 8 rings (SSSR count). The predicted molar refractivity (Wildman–Crippen MR) is 162 cm³/mol. The first-order valence-corrected chi connectivity index (χ1v) is 15.4. The van der Waals surface area contributed by atoms with Crippen LogP contribution in [0.1, 0.15) is 44.9 Å². The molecule has 1 spiro atoms. The second-order valence-electron chi connectivity index (χ2n) is 12.9. The van der Waals surface area contributed by atoms with Gasteiger partial charge in [-0.3, -0.25) is 14.7 Å². The van der Waals surface area contributed by atoms with Crippen molar-refractivity contribution >= 4 is 33.4 Å². The van der Waals surface area contributed by atoms with Gasteiger partial charge in [0.2, 0.25) is 5.91 Å². The quantitative estimate of drug-likeness (QED) is 0.346. The van der Waals surface area contributed by atoms with Crippen molar-refractivity contribution in [1.82, 2.24) is 25.2 Å². The van der Waals surface area contributed by atoms with Gasteiger partial charge >= 0.3 is 6.01 Å². The number of carbonyl (C=O) groups is 1. The highest BCUT2D eigenvalue weighted by molar-refractivity contribution is 5.99. The summed E-state index contributed by atoms with van der Waals surface area (Å²) < 4.78 is 23.0. The molecule has 0 radical (unpaired) electrons. The molecule has 0 unspecified atom stereocenters. The first kappa shape index (κ1) is 26.6. The molecule has 2 N–H and O–H groups in total. The number of pyridine rings is 1. The minimum absolute atomic E-state index is 0.000423. The van der Waals surface area contributed by atoms with Gasteiger partial charge in [0.15, 0.2) is 5.82 Å². The molecule has 4 fully saturated rings. The van der Waals surface area contributed by atoms with Crippen LogP contribution in [0.2, 0.25) is 0 Å². The van der Waals surface area contributed by atoms with E-state index in [1.165, 1.54) is 0 Å². The molecule has 4 aliphatic rings. The van der Waals surface area contributed by atoms with Crippen molar-refractivity contribution in [2.75, 3.05) is 44.2 Å². The molecule has 4 aliphatic heterocycles. The Balaban J connectivity index is 1.21. The summed E-state index contributed by atoms with van der Waals surface area (Å²) in [7, 11) is 0. The van der Waals surface area contributed by atoms with E-state index in [9.17, 15) is 9.90 Å². The molecule has 2 aromatic heterocycles. The molecule has 0 bridgehead atoms. The molecule has 1 amide bonds. The van der Waals surface area contributed by atoms with E-state index >= 15 is 4.39 Å². The van der Waals surface area contributed by atoms with Crippen molar-refractivity contribution in [3.05, 3.63) is 48.4 Å². The zero-order valence-electron chi connectivity index (χ0n) is 24.1. The highest BCUT2D eigenvalue weighted by Crippen LogP contribution is 2.42. The number of hydrogen-bond acceptors (Lipinski definition) is 8. The minimum Gasteiger partial charge on any atom is -0.508 e. The number of rotatable bonds is 5. The monoisotopic (exact) mass is 582 g/mol. The predicted octanol–water partition coefficient (Wildman–Crippen LogP) is 4.80. The minimum atomic E-state index is -0.567. The second kappa shape index (κ2) is 10.0. The number of ether oxygens (including phenoxy) is 1. The molecule has 222 valence electrons. The Morgan fingerprint density at radius 2 is 1.79 bits per heavy atom. The van der Waals surface area contributed by atoms with Crippen molar-refractivity contribution in [3.63, 3.8) is 0 Å². The molecule has 0 saturated carbocycles. The lowest BCUT2D eigenvalue weighted by atomic mass is 9.77. The third kappa shape index (κ3) is 4.45. The lowest BCUT2D eigenvalue weighted by Gasteiger charge is -2.39. The number of nitrogens with zero attached hydrogens (tertiary/aromatic N) is 5. The molecule has 43 heavy (non-hydrogen) atoms. The van der Waals surface area contributed by atoms with Crippen LogP contribution < -0.4 is 15.0 Å². The Bertz CT molecular complexity index is 1740. The molecular weight excluding hydrogens is 547 g/mol. The molecule has 10 heteroatoms. The van der Waals surface area contributed by atoms with Gasteiger partial charge in [0, 0.05) is 37.8 Å². The number of piperidine rings is 1. The summed E-state index contributed by atoms with van der Waals surface area (Å²) in [6.45, 7) is 4.74. The fourth-order valence-electron chi connectivity index (χ4n) is 7.96. The van der Waals surface area contributed by atoms with Gasteiger partial charge in [-0.2, -0.15) is 9.97 Å². The van der Waals surface area contributed by atoms with Crippen LogP contribution in [0.25, 0.3) is 32.9 Å². The van der Waals surface area contributed by atoms with Crippen LogP contribution in [0.3, 0.4) is 0 Å². The van der Waals surface area contributed by atoms with E-state index in [0.717, 1.165) is 62.4 Å². The van der Waals surface area contributed by atoms with E-state index in [1.807, 2.05) is 24.3 Å². The summed E-state index contributed by atoms with van der Waals surface area (Å²) >= 11 is 0. The van der Waals surface area contributed by atoms with Gasteiger partial charge < -0.3 is 20.1 Å². The number of nitrogens with one attached hydrogen (secondary N) is 1. The Kier molecular flexibility index (Phi) is 6.18. The molecule has 0 atom stereocenters. The first-order valence-electron chi connectivity index (χ1n) is 15.4. The van der Waals surface area contributed by atoms with Gasteiger partial charge in [0.05, 0.1) is 10.9 Å². The summed E-state index contributed by atoms with van der Waals surface area (Å²) in [5, 5.41) is 15.6. The Morgan fingerprint density at radius 1 is 1.00 bits per heavy atom. The Labute approximate surface area is 249 Å². The number of carbonyl (C=O) groups excluding carboxylic acids is 1. The maximum atomic E-state index is 16.6. The van der Waals surface area contributed by atoms with Crippen LogP contribution in [-0.2, 0) is 4.79 Å². The molecular formula is C33H35FN6O3. The van der Waals surface area contributed by atoms with Crippen LogP contribution >= 0.6 is 0 Å². The number of amides is 1. The van der Waals surface area contributed by atoms with Crippen LogP contribution in [-0.4, -0.2) is 75.7 Å². The van der Waals surface area contributed by atoms with Gasteiger partial charge in [-0.15, -0.1) is 0 Å². The highest BCUT2D eigenvalue weighted by Gasteiger charge is 2.45. The topological polar surface area (TPSA) is 104 Å². The number of aromatic hydroxyl groups is 1. The molecule has 4 saturated heterocycles. The number of phenolic OH excluding ortho intramolecular Hbond substituents is 1. The standard InChI is InChI=1S/C33H35FN6O3/c34-27-28(24-16-22(41)15-21-5-1-2-6-23(21)24)35-18-25-29(27)37-31(43-20-33-7-3-11-40(33)12-4-8-33)38-30(25)39-13-9-32(10-14-39)17-26(42)36-19-32/h1-2,5-6,15-16,18,41H,3-4,7-14,17,19-20H2,(H,36,42). The van der Waals surface area contributed by atoms with Crippen LogP contribution in [0.15, 0.2) is 42.6 Å². The van der Waals surface area contributed by atoms with Gasteiger partial charge in [-0.1, -0.05) is 24.3 Å². The van der Waals surface area contributed by atoms with Crippen molar-refractivity contribution in [3.8, 4) is 23.0 Å². The summed E-state index contributed by atoms with van der Waals surface area (Å²) in [4.78, 5) is 30.8. The summed E-state index contributed by atoms with van der Waals surface area (Å²) in [6.07, 6.45) is 8.36. The van der Waals surface area contributed by atoms with Crippen molar-refractivity contribution in [2.45, 2.75) is 50.5 Å². The SMILES string of the molecule is O=C1CC2(CCN(c3nc(OCC45CCCN4CCC5)nc4c(F)c(-c5cc(O)cc6ccccc56)ncc34)CC2)CN1. The van der Waals surface area contributed by atoms with Gasteiger partial charge in [0.25, 0.3) is 0 Å². The Morgan fingerprint density at radius 3 is 2.56 bits per heavy atom. The fourth-order valence-corrected chi connectivity index (χ4v) is 7.96. The van der Waals surface area contributed by atoms with E-state index < -0.39 is 5.82 Å². The third-order valence-electron chi connectivity index (χ3n) is 10.3. The van der Waals surface area contributed by atoms with E-state index in [4.69, 9.17) is 9.72 Å². The van der Waals surface area contributed by atoms with Crippen LogP contribution in [0.4, 0.5) is 10.2 Å². The van der Waals surface area contributed by atoms with Crippen molar-refractivity contribution in [2.24, 2.45) is 5.41 Å². The fraction of sp³-hybridized carbons (Fsp3) is 0.455. The maximum absolute atomic E-state index is 16.6.